The number of fused-ring (bicyclic) bond motifs is 1. The Morgan fingerprint density at radius 2 is 1.97 bits per heavy atom. The molecule has 3 atom stereocenters. The minimum atomic E-state index is -0.555. The van der Waals surface area contributed by atoms with E-state index >= 15 is 0 Å². The van der Waals surface area contributed by atoms with Crippen LogP contribution in [0.4, 0.5) is 0 Å². The van der Waals surface area contributed by atoms with Gasteiger partial charge in [-0.25, -0.2) is 0 Å². The van der Waals surface area contributed by atoms with Crippen molar-refractivity contribution >= 4 is 29.9 Å². The van der Waals surface area contributed by atoms with Crippen molar-refractivity contribution in [2.45, 2.75) is 58.7 Å². The van der Waals surface area contributed by atoms with Gasteiger partial charge in [-0.2, -0.15) is 0 Å². The molecule has 2 N–H and O–H groups in total. The fourth-order valence-electron chi connectivity index (χ4n) is 4.82. The van der Waals surface area contributed by atoms with Crippen LogP contribution in [0.25, 0.3) is 0 Å². The van der Waals surface area contributed by atoms with Crippen LogP contribution in [0.5, 0.6) is 0 Å². The first-order chi connectivity index (χ1) is 15.1. The zero-order valence-corrected chi connectivity index (χ0v) is 22.4. The van der Waals surface area contributed by atoms with Crippen LogP contribution in [0.3, 0.4) is 0 Å². The standard InChI is InChI=1S/C25H42N4O2.HI/c1-4-26-25(27-15-23(30)19-31-18-20(2)3)29-14-12-24-22(17-29)11-8-13-28(24)16-21-9-6-5-7-10-21;/h5-7,9-10,20,22-24,30H,4,8,11-19H2,1-3H3,(H,26,27);1H. The van der Waals surface area contributed by atoms with E-state index in [2.05, 4.69) is 66.2 Å². The summed E-state index contributed by atoms with van der Waals surface area (Å²) in [5.41, 5.74) is 1.41. The van der Waals surface area contributed by atoms with Crippen LogP contribution in [0.15, 0.2) is 35.3 Å². The third kappa shape index (κ3) is 8.47. The quantitative estimate of drug-likeness (QED) is 0.276. The summed E-state index contributed by atoms with van der Waals surface area (Å²) in [5.74, 6) is 2.09. The van der Waals surface area contributed by atoms with Gasteiger partial charge in [0.1, 0.15) is 0 Å². The van der Waals surface area contributed by atoms with Crippen molar-refractivity contribution in [1.29, 1.82) is 0 Å². The van der Waals surface area contributed by atoms with Crippen molar-refractivity contribution in [3.63, 3.8) is 0 Å². The number of nitrogens with one attached hydrogen (secondary N) is 1. The minimum absolute atomic E-state index is 0. The lowest BCUT2D eigenvalue weighted by Crippen LogP contribution is -2.56. The third-order valence-electron chi connectivity index (χ3n) is 6.26. The molecule has 7 heteroatoms. The number of nitrogens with zero attached hydrogens (tertiary/aromatic N) is 3. The van der Waals surface area contributed by atoms with Gasteiger partial charge in [-0.15, -0.1) is 24.0 Å². The van der Waals surface area contributed by atoms with Crippen LogP contribution in [0, 0.1) is 11.8 Å². The smallest absolute Gasteiger partial charge is 0.194 e. The van der Waals surface area contributed by atoms with Crippen LogP contribution in [0.1, 0.15) is 45.6 Å². The van der Waals surface area contributed by atoms with Gasteiger partial charge in [-0.05, 0) is 50.1 Å². The molecule has 182 valence electrons. The molecule has 3 unspecified atom stereocenters. The molecule has 2 heterocycles. The number of hydrogen-bond acceptors (Lipinski definition) is 4. The highest BCUT2D eigenvalue weighted by Gasteiger charge is 2.36. The van der Waals surface area contributed by atoms with Gasteiger partial charge in [0.2, 0.25) is 0 Å². The average molecular weight is 559 g/mol. The highest BCUT2D eigenvalue weighted by molar-refractivity contribution is 14.0. The molecule has 2 aliphatic rings. The number of ether oxygens (including phenoxy) is 1. The van der Waals surface area contributed by atoms with E-state index in [9.17, 15) is 5.11 Å². The highest BCUT2D eigenvalue weighted by atomic mass is 127. The van der Waals surface area contributed by atoms with Gasteiger partial charge in [0.05, 0.1) is 19.3 Å². The molecule has 2 saturated heterocycles. The minimum Gasteiger partial charge on any atom is -0.389 e. The number of hydrogen-bond donors (Lipinski definition) is 2. The van der Waals surface area contributed by atoms with Crippen molar-refractivity contribution in [2.24, 2.45) is 16.8 Å². The summed E-state index contributed by atoms with van der Waals surface area (Å²) in [4.78, 5) is 9.84. The van der Waals surface area contributed by atoms with Crippen molar-refractivity contribution < 1.29 is 9.84 Å². The van der Waals surface area contributed by atoms with Gasteiger partial charge >= 0.3 is 0 Å². The van der Waals surface area contributed by atoms with Crippen LogP contribution in [0.2, 0.25) is 0 Å². The molecule has 1 aromatic rings. The zero-order chi connectivity index (χ0) is 22.1. The van der Waals surface area contributed by atoms with E-state index in [1.165, 1.54) is 31.4 Å². The van der Waals surface area contributed by atoms with Crippen LogP contribution < -0.4 is 5.32 Å². The lowest BCUT2D eigenvalue weighted by Gasteiger charge is -2.48. The Morgan fingerprint density at radius 3 is 2.69 bits per heavy atom. The molecular formula is C25H43IN4O2. The number of aliphatic imine (C=N–C) groups is 1. The Hall–Kier alpha value is -0.900. The maximum atomic E-state index is 10.3. The zero-order valence-electron chi connectivity index (χ0n) is 20.1. The van der Waals surface area contributed by atoms with E-state index in [4.69, 9.17) is 9.73 Å². The second-order valence-electron chi connectivity index (χ2n) is 9.44. The molecule has 0 spiro atoms. The predicted octanol–water partition coefficient (Wildman–Crippen LogP) is 3.59. The second-order valence-corrected chi connectivity index (χ2v) is 9.44. The van der Waals surface area contributed by atoms with E-state index in [1.807, 2.05) is 0 Å². The fourth-order valence-corrected chi connectivity index (χ4v) is 4.82. The Morgan fingerprint density at radius 1 is 1.19 bits per heavy atom. The normalized spacial score (nSPS) is 22.9. The largest absolute Gasteiger partial charge is 0.389 e. The Kier molecular flexibility index (Phi) is 12.3. The topological polar surface area (TPSA) is 60.3 Å². The van der Waals surface area contributed by atoms with Crippen molar-refractivity contribution in [1.82, 2.24) is 15.1 Å². The molecule has 32 heavy (non-hydrogen) atoms. The molecule has 2 aliphatic heterocycles. The Balaban J connectivity index is 0.00000363. The average Bonchev–Trinajstić information content (AvgIpc) is 2.77. The van der Waals surface area contributed by atoms with Gasteiger partial charge in [-0.1, -0.05) is 44.2 Å². The summed E-state index contributed by atoms with van der Waals surface area (Å²) in [6, 6.07) is 11.5. The number of guanidine groups is 1. The SMILES string of the molecule is CCNC(=NCC(O)COCC(C)C)N1CCC2C(CCCN2Cc2ccccc2)C1.I. The molecule has 0 radical (unpaired) electrons. The molecule has 1 aromatic carbocycles. The lowest BCUT2D eigenvalue weighted by atomic mass is 9.83. The number of benzene rings is 1. The van der Waals surface area contributed by atoms with Gasteiger partial charge in [0.25, 0.3) is 0 Å². The van der Waals surface area contributed by atoms with Crippen LogP contribution >= 0.6 is 24.0 Å². The van der Waals surface area contributed by atoms with Gasteiger partial charge in [0.15, 0.2) is 5.96 Å². The summed E-state index contributed by atoms with van der Waals surface area (Å²) < 4.78 is 5.57. The van der Waals surface area contributed by atoms with Crippen LogP contribution in [-0.2, 0) is 11.3 Å². The van der Waals surface area contributed by atoms with Crippen molar-refractivity contribution in [3.8, 4) is 0 Å². The Labute approximate surface area is 211 Å². The molecule has 3 rings (SSSR count). The van der Waals surface area contributed by atoms with Gasteiger partial charge < -0.3 is 20.1 Å². The molecule has 0 bridgehead atoms. The molecule has 0 aromatic heterocycles. The van der Waals surface area contributed by atoms with Crippen LogP contribution in [-0.4, -0.2) is 78.9 Å². The van der Waals surface area contributed by atoms with E-state index in [1.54, 1.807) is 0 Å². The number of piperidine rings is 2. The molecule has 0 aliphatic carbocycles. The number of likely N-dealkylation sites (tertiary alicyclic amines) is 2. The van der Waals surface area contributed by atoms with E-state index in [0.717, 1.165) is 32.1 Å². The molecule has 2 fully saturated rings. The van der Waals surface area contributed by atoms with Crippen molar-refractivity contribution in [3.05, 3.63) is 35.9 Å². The number of aliphatic hydroxyl groups excluding tert-OH is 1. The molecular weight excluding hydrogens is 515 g/mol. The molecule has 6 nitrogen and oxygen atoms in total. The first kappa shape index (κ1) is 27.3. The maximum Gasteiger partial charge on any atom is 0.194 e. The maximum absolute atomic E-state index is 10.3. The fraction of sp³-hybridized carbons (Fsp3) is 0.720. The first-order valence-electron chi connectivity index (χ1n) is 12.1. The van der Waals surface area contributed by atoms with E-state index in [-0.39, 0.29) is 24.0 Å². The number of halogens is 1. The first-order valence-corrected chi connectivity index (χ1v) is 12.1. The monoisotopic (exact) mass is 558 g/mol. The second kappa shape index (κ2) is 14.4. The van der Waals surface area contributed by atoms with Gasteiger partial charge in [-0.3, -0.25) is 9.89 Å². The predicted molar refractivity (Wildman–Crippen MR) is 143 cm³/mol. The summed E-state index contributed by atoms with van der Waals surface area (Å²) >= 11 is 0. The number of aliphatic hydroxyl groups is 1. The third-order valence-corrected chi connectivity index (χ3v) is 6.26. The highest BCUT2D eigenvalue weighted by Crippen LogP contribution is 2.31. The lowest BCUT2D eigenvalue weighted by molar-refractivity contribution is 0.0290. The molecule has 0 amide bonds. The summed E-state index contributed by atoms with van der Waals surface area (Å²) in [7, 11) is 0. The Bertz CT molecular complexity index is 673. The van der Waals surface area contributed by atoms with Crippen molar-refractivity contribution in [2.75, 3.05) is 45.9 Å². The summed E-state index contributed by atoms with van der Waals surface area (Å²) in [5, 5.41) is 13.7. The van der Waals surface area contributed by atoms with E-state index in [0.29, 0.717) is 37.6 Å². The molecule has 0 saturated carbocycles. The van der Waals surface area contributed by atoms with Gasteiger partial charge in [0, 0.05) is 38.8 Å². The van der Waals surface area contributed by atoms with E-state index < -0.39 is 6.10 Å². The summed E-state index contributed by atoms with van der Waals surface area (Å²) in [6.45, 7) is 12.9. The summed E-state index contributed by atoms with van der Waals surface area (Å²) in [6.07, 6.45) is 3.17. The number of rotatable bonds is 9.